The van der Waals surface area contributed by atoms with Crippen molar-refractivity contribution >= 4 is 28.9 Å². The van der Waals surface area contributed by atoms with Gasteiger partial charge in [0.15, 0.2) is 5.75 Å². The largest absolute Gasteiger partial charge is 0.573 e. The van der Waals surface area contributed by atoms with Gasteiger partial charge < -0.3 is 15.8 Å². The van der Waals surface area contributed by atoms with E-state index in [-0.39, 0.29) is 17.8 Å². The molecule has 28 heavy (non-hydrogen) atoms. The first-order valence-electron chi connectivity index (χ1n) is 8.12. The van der Waals surface area contributed by atoms with Gasteiger partial charge in [-0.25, -0.2) is 0 Å². The Balaban J connectivity index is 1.83. The van der Waals surface area contributed by atoms with Crippen LogP contribution in [0.1, 0.15) is 6.42 Å². The normalized spacial score (nSPS) is 16.5. The molecular formula is C18H15F3N4O3. The van der Waals surface area contributed by atoms with E-state index >= 15 is 0 Å². The topological polar surface area (TPSA) is 97.0 Å². The minimum Gasteiger partial charge on any atom is -0.404 e. The molecule has 0 saturated heterocycles. The number of nitrogens with zero attached hydrogens (tertiary/aromatic N) is 2. The van der Waals surface area contributed by atoms with Crippen molar-refractivity contribution in [1.82, 2.24) is 0 Å². The number of carbonyl (C=O) groups is 2. The summed E-state index contributed by atoms with van der Waals surface area (Å²) in [5, 5.41) is 7.78. The number of anilines is 2. The van der Waals surface area contributed by atoms with Gasteiger partial charge in [-0.15, -0.1) is 13.2 Å². The maximum absolute atomic E-state index is 12.5. The quantitative estimate of drug-likeness (QED) is 0.818. The van der Waals surface area contributed by atoms with E-state index in [0.717, 1.165) is 6.07 Å². The van der Waals surface area contributed by atoms with Gasteiger partial charge in [0.2, 0.25) is 5.91 Å². The number of hydrazone groups is 1. The summed E-state index contributed by atoms with van der Waals surface area (Å²) in [6.07, 6.45) is -4.99. The number of para-hydroxylation sites is 3. The molecule has 1 heterocycles. The minimum absolute atomic E-state index is 0.0468. The zero-order valence-corrected chi connectivity index (χ0v) is 14.3. The van der Waals surface area contributed by atoms with Gasteiger partial charge in [0.1, 0.15) is 11.8 Å². The molecule has 0 aliphatic carbocycles. The van der Waals surface area contributed by atoms with Crippen LogP contribution in [0.2, 0.25) is 0 Å². The summed E-state index contributed by atoms with van der Waals surface area (Å²) in [6, 6.07) is 12.8. The van der Waals surface area contributed by atoms with E-state index in [1.54, 1.807) is 30.3 Å². The predicted molar refractivity (Wildman–Crippen MR) is 95.7 cm³/mol. The van der Waals surface area contributed by atoms with Crippen LogP contribution in [-0.4, -0.2) is 29.9 Å². The molecule has 0 aromatic heterocycles. The maximum atomic E-state index is 12.5. The number of hydrogen-bond acceptors (Lipinski definition) is 5. The molecule has 2 amide bonds. The molecule has 2 aromatic rings. The summed E-state index contributed by atoms with van der Waals surface area (Å²) in [5.74, 6) is -2.01. The van der Waals surface area contributed by atoms with E-state index in [0.29, 0.717) is 5.69 Å². The average molecular weight is 392 g/mol. The van der Waals surface area contributed by atoms with Crippen molar-refractivity contribution in [1.29, 1.82) is 0 Å². The van der Waals surface area contributed by atoms with E-state index < -0.39 is 30.0 Å². The Morgan fingerprint density at radius 3 is 2.39 bits per heavy atom. The summed E-state index contributed by atoms with van der Waals surface area (Å²) >= 11 is 0. The molecule has 10 heteroatoms. The van der Waals surface area contributed by atoms with Crippen LogP contribution in [0.4, 0.5) is 24.5 Å². The van der Waals surface area contributed by atoms with Gasteiger partial charge in [-0.1, -0.05) is 30.3 Å². The van der Waals surface area contributed by atoms with E-state index in [2.05, 4.69) is 15.2 Å². The number of rotatable bonds is 5. The van der Waals surface area contributed by atoms with Crippen molar-refractivity contribution < 1.29 is 27.5 Å². The SMILES string of the molecule is NC(=O)C1CC(C(=O)Nc2ccccc2OC(F)(F)F)=NN1c1ccccc1. The lowest BCUT2D eigenvalue weighted by atomic mass is 10.1. The predicted octanol–water partition coefficient (Wildman–Crippen LogP) is 2.64. The van der Waals surface area contributed by atoms with Gasteiger partial charge in [-0.2, -0.15) is 5.10 Å². The zero-order valence-electron chi connectivity index (χ0n) is 14.3. The number of halogens is 3. The smallest absolute Gasteiger partial charge is 0.404 e. The first-order chi connectivity index (χ1) is 13.2. The Hall–Kier alpha value is -3.56. The fourth-order valence-corrected chi connectivity index (χ4v) is 2.67. The molecule has 7 nitrogen and oxygen atoms in total. The minimum atomic E-state index is -4.91. The molecule has 1 aliphatic rings. The highest BCUT2D eigenvalue weighted by molar-refractivity contribution is 6.44. The third-order valence-corrected chi connectivity index (χ3v) is 3.88. The van der Waals surface area contributed by atoms with Crippen molar-refractivity contribution in [2.45, 2.75) is 18.8 Å². The number of nitrogens with one attached hydrogen (secondary N) is 1. The molecule has 0 bridgehead atoms. The lowest BCUT2D eigenvalue weighted by molar-refractivity contribution is -0.274. The lowest BCUT2D eigenvalue weighted by Gasteiger charge is -2.20. The summed E-state index contributed by atoms with van der Waals surface area (Å²) in [6.45, 7) is 0. The lowest BCUT2D eigenvalue weighted by Crippen LogP contribution is -2.39. The van der Waals surface area contributed by atoms with Crippen LogP contribution in [0.3, 0.4) is 0 Å². The van der Waals surface area contributed by atoms with Crippen molar-refractivity contribution in [3.63, 3.8) is 0 Å². The number of benzene rings is 2. The second-order valence-electron chi connectivity index (χ2n) is 5.85. The van der Waals surface area contributed by atoms with Crippen molar-refractivity contribution in [2.75, 3.05) is 10.3 Å². The van der Waals surface area contributed by atoms with Crippen molar-refractivity contribution in [3.05, 3.63) is 54.6 Å². The third-order valence-electron chi connectivity index (χ3n) is 3.88. The number of alkyl halides is 3. The molecule has 1 unspecified atom stereocenters. The number of nitrogens with two attached hydrogens (primary N) is 1. The summed E-state index contributed by atoms with van der Waals surface area (Å²) in [7, 11) is 0. The highest BCUT2D eigenvalue weighted by Crippen LogP contribution is 2.30. The van der Waals surface area contributed by atoms with Crippen LogP contribution < -0.4 is 20.8 Å². The van der Waals surface area contributed by atoms with Crippen LogP contribution in [0.5, 0.6) is 5.75 Å². The molecule has 1 aliphatic heterocycles. The third kappa shape index (κ3) is 4.40. The Kier molecular flexibility index (Phi) is 5.21. The standard InChI is InChI=1S/C18H15F3N4O3/c19-18(20,21)28-15-9-5-4-8-12(15)23-17(27)13-10-14(16(22)26)25(24-13)11-6-2-1-3-7-11/h1-9,14H,10H2,(H2,22,26)(H,23,27). The van der Waals surface area contributed by atoms with Crippen LogP contribution in [0.15, 0.2) is 59.7 Å². The molecule has 3 rings (SSSR count). The summed E-state index contributed by atoms with van der Waals surface area (Å²) < 4.78 is 41.5. The summed E-state index contributed by atoms with van der Waals surface area (Å²) in [5.41, 5.74) is 5.73. The van der Waals surface area contributed by atoms with Crippen molar-refractivity contribution in [3.8, 4) is 5.75 Å². The van der Waals surface area contributed by atoms with Gasteiger partial charge in [-0.05, 0) is 24.3 Å². The Labute approximate surface area is 157 Å². The molecule has 0 spiro atoms. The Bertz CT molecular complexity index is 916. The molecule has 1 atom stereocenters. The first kappa shape index (κ1) is 19.2. The number of amides is 2. The first-order valence-corrected chi connectivity index (χ1v) is 8.12. The maximum Gasteiger partial charge on any atom is 0.573 e. The molecule has 3 N–H and O–H groups in total. The second-order valence-corrected chi connectivity index (χ2v) is 5.85. The van der Waals surface area contributed by atoms with E-state index in [1.807, 2.05) is 0 Å². The number of carbonyl (C=O) groups excluding carboxylic acids is 2. The average Bonchev–Trinajstić information content (AvgIpc) is 3.09. The second kappa shape index (κ2) is 7.59. The van der Waals surface area contributed by atoms with Crippen LogP contribution >= 0.6 is 0 Å². The molecule has 146 valence electrons. The fraction of sp³-hybridized carbons (Fsp3) is 0.167. The number of primary amides is 1. The van der Waals surface area contributed by atoms with Gasteiger partial charge in [0.05, 0.1) is 11.4 Å². The molecule has 0 radical (unpaired) electrons. The van der Waals surface area contributed by atoms with Crippen LogP contribution in [0.25, 0.3) is 0 Å². The van der Waals surface area contributed by atoms with E-state index in [4.69, 9.17) is 5.73 Å². The zero-order chi connectivity index (χ0) is 20.3. The van der Waals surface area contributed by atoms with Crippen LogP contribution in [-0.2, 0) is 9.59 Å². The fourth-order valence-electron chi connectivity index (χ4n) is 2.67. The van der Waals surface area contributed by atoms with Crippen LogP contribution in [0, 0.1) is 0 Å². The number of hydrogen-bond donors (Lipinski definition) is 2. The van der Waals surface area contributed by atoms with Crippen molar-refractivity contribution in [2.24, 2.45) is 10.8 Å². The molecule has 0 fully saturated rings. The molecular weight excluding hydrogens is 377 g/mol. The summed E-state index contributed by atoms with van der Waals surface area (Å²) in [4.78, 5) is 24.3. The van der Waals surface area contributed by atoms with Gasteiger partial charge >= 0.3 is 6.36 Å². The Morgan fingerprint density at radius 1 is 1.11 bits per heavy atom. The molecule has 0 saturated carbocycles. The highest BCUT2D eigenvalue weighted by atomic mass is 19.4. The monoisotopic (exact) mass is 392 g/mol. The highest BCUT2D eigenvalue weighted by Gasteiger charge is 2.36. The van der Waals surface area contributed by atoms with E-state index in [9.17, 15) is 22.8 Å². The van der Waals surface area contributed by atoms with E-state index in [1.165, 1.54) is 23.2 Å². The Morgan fingerprint density at radius 2 is 1.75 bits per heavy atom. The van der Waals surface area contributed by atoms with Gasteiger partial charge in [0, 0.05) is 6.42 Å². The van der Waals surface area contributed by atoms with Gasteiger partial charge in [-0.3, -0.25) is 14.6 Å². The number of ether oxygens (including phenoxy) is 1. The van der Waals surface area contributed by atoms with Gasteiger partial charge in [0.25, 0.3) is 5.91 Å². The molecule has 2 aromatic carbocycles.